The Labute approximate surface area is 124 Å². The van der Waals surface area contributed by atoms with Crippen LogP contribution in [0, 0.1) is 5.82 Å². The van der Waals surface area contributed by atoms with Crippen LogP contribution in [0.15, 0.2) is 40.9 Å². The van der Waals surface area contributed by atoms with Crippen molar-refractivity contribution in [1.29, 1.82) is 0 Å². The van der Waals surface area contributed by atoms with Crippen molar-refractivity contribution in [3.05, 3.63) is 62.8 Å². The average Bonchev–Trinajstić information content (AvgIpc) is 2.38. The van der Waals surface area contributed by atoms with Crippen LogP contribution >= 0.6 is 27.5 Å². The molecule has 0 bridgehead atoms. The van der Waals surface area contributed by atoms with Crippen LogP contribution in [0.3, 0.4) is 0 Å². The Bertz CT molecular complexity index is 586. The second kappa shape index (κ2) is 5.90. The number of benzene rings is 2. The van der Waals surface area contributed by atoms with E-state index in [0.717, 1.165) is 0 Å². The quantitative estimate of drug-likeness (QED) is 0.901. The van der Waals surface area contributed by atoms with Gasteiger partial charge < -0.3 is 10.5 Å². The van der Waals surface area contributed by atoms with E-state index in [0.29, 0.717) is 26.4 Å². The summed E-state index contributed by atoms with van der Waals surface area (Å²) >= 11 is 9.28. The van der Waals surface area contributed by atoms with Crippen LogP contribution in [-0.2, 0) is 0 Å². The minimum absolute atomic E-state index is 0.371. The van der Waals surface area contributed by atoms with E-state index in [-0.39, 0.29) is 5.82 Å². The predicted octanol–water partition coefficient (Wildman–Crippen LogP) is 4.30. The van der Waals surface area contributed by atoms with Gasteiger partial charge >= 0.3 is 0 Å². The Morgan fingerprint density at radius 2 is 2.05 bits per heavy atom. The molecule has 2 nitrogen and oxygen atoms in total. The highest BCUT2D eigenvalue weighted by Gasteiger charge is 2.20. The van der Waals surface area contributed by atoms with Gasteiger partial charge in [0, 0.05) is 20.6 Å². The van der Waals surface area contributed by atoms with Crippen molar-refractivity contribution < 1.29 is 9.13 Å². The van der Waals surface area contributed by atoms with Crippen molar-refractivity contribution in [1.82, 2.24) is 0 Å². The van der Waals surface area contributed by atoms with Crippen molar-refractivity contribution in [3.8, 4) is 5.75 Å². The number of hydrogen-bond acceptors (Lipinski definition) is 2. The number of ether oxygens (including phenoxy) is 1. The van der Waals surface area contributed by atoms with Crippen LogP contribution in [0.1, 0.15) is 17.2 Å². The highest BCUT2D eigenvalue weighted by atomic mass is 79.9. The summed E-state index contributed by atoms with van der Waals surface area (Å²) in [6, 6.07) is 9.17. The Morgan fingerprint density at radius 3 is 2.68 bits per heavy atom. The van der Waals surface area contributed by atoms with E-state index in [2.05, 4.69) is 15.9 Å². The van der Waals surface area contributed by atoms with Gasteiger partial charge in [0.2, 0.25) is 0 Å². The van der Waals surface area contributed by atoms with E-state index in [1.54, 1.807) is 30.3 Å². The molecule has 0 aliphatic heterocycles. The average molecular weight is 345 g/mol. The molecule has 0 heterocycles. The zero-order valence-corrected chi connectivity index (χ0v) is 12.5. The summed E-state index contributed by atoms with van der Waals surface area (Å²) in [5.74, 6) is 0.205. The van der Waals surface area contributed by atoms with E-state index in [1.165, 1.54) is 13.2 Å². The predicted molar refractivity (Wildman–Crippen MR) is 78.1 cm³/mol. The van der Waals surface area contributed by atoms with Crippen molar-refractivity contribution in [2.24, 2.45) is 5.73 Å². The van der Waals surface area contributed by atoms with E-state index in [4.69, 9.17) is 22.1 Å². The highest BCUT2D eigenvalue weighted by molar-refractivity contribution is 9.10. The van der Waals surface area contributed by atoms with Gasteiger partial charge in [-0.05, 0) is 30.3 Å². The van der Waals surface area contributed by atoms with E-state index in [1.807, 2.05) is 0 Å². The maximum atomic E-state index is 13.9. The number of nitrogens with two attached hydrogens (primary N) is 1. The largest absolute Gasteiger partial charge is 0.496 e. The van der Waals surface area contributed by atoms with Gasteiger partial charge in [0.05, 0.1) is 13.2 Å². The monoisotopic (exact) mass is 343 g/mol. The Morgan fingerprint density at radius 1 is 1.32 bits per heavy atom. The first kappa shape index (κ1) is 14.3. The molecule has 19 heavy (non-hydrogen) atoms. The van der Waals surface area contributed by atoms with Gasteiger partial charge in [-0.15, -0.1) is 0 Å². The molecule has 2 aromatic rings. The van der Waals surface area contributed by atoms with Gasteiger partial charge in [-0.1, -0.05) is 33.6 Å². The molecule has 1 unspecified atom stereocenters. The molecule has 1 atom stereocenters. The lowest BCUT2D eigenvalue weighted by atomic mass is 9.98. The third-order valence-corrected chi connectivity index (χ3v) is 3.76. The molecule has 0 spiro atoms. The molecule has 0 aliphatic carbocycles. The van der Waals surface area contributed by atoms with E-state index < -0.39 is 6.04 Å². The number of halogens is 3. The summed E-state index contributed by atoms with van der Waals surface area (Å²) in [4.78, 5) is 0. The zero-order valence-electron chi connectivity index (χ0n) is 10.2. The van der Waals surface area contributed by atoms with Gasteiger partial charge in [-0.3, -0.25) is 0 Å². The fourth-order valence-electron chi connectivity index (χ4n) is 1.91. The fourth-order valence-corrected chi connectivity index (χ4v) is 2.68. The first-order valence-electron chi connectivity index (χ1n) is 5.57. The van der Waals surface area contributed by atoms with Crippen molar-refractivity contribution in [3.63, 3.8) is 0 Å². The molecule has 2 N–H and O–H groups in total. The maximum absolute atomic E-state index is 13.9. The summed E-state index contributed by atoms with van der Waals surface area (Å²) in [7, 11) is 1.54. The van der Waals surface area contributed by atoms with Gasteiger partial charge in [0.25, 0.3) is 0 Å². The molecule has 0 aliphatic rings. The Kier molecular flexibility index (Phi) is 4.45. The summed E-state index contributed by atoms with van der Waals surface area (Å²) in [5, 5.41) is 0.527. The van der Waals surface area contributed by atoms with Gasteiger partial charge in [0.15, 0.2) is 0 Å². The van der Waals surface area contributed by atoms with Crippen LogP contribution in [0.25, 0.3) is 0 Å². The van der Waals surface area contributed by atoms with Gasteiger partial charge in [0.1, 0.15) is 11.6 Å². The van der Waals surface area contributed by atoms with Gasteiger partial charge in [-0.25, -0.2) is 4.39 Å². The molecular weight excluding hydrogens is 333 g/mol. The van der Waals surface area contributed by atoms with Crippen molar-refractivity contribution in [2.75, 3.05) is 7.11 Å². The lowest BCUT2D eigenvalue weighted by Crippen LogP contribution is -2.15. The first-order valence-corrected chi connectivity index (χ1v) is 6.74. The standard InChI is InChI=1S/C14H12BrClFNO/c1-19-12-6-5-8(16)7-9(12)14(18)13-10(15)3-2-4-11(13)17/h2-7,14H,18H2,1H3. The summed E-state index contributed by atoms with van der Waals surface area (Å²) < 4.78 is 19.8. The molecule has 0 amide bonds. The van der Waals surface area contributed by atoms with Crippen LogP contribution in [0.4, 0.5) is 4.39 Å². The molecule has 5 heteroatoms. The molecule has 0 fully saturated rings. The van der Waals surface area contributed by atoms with E-state index in [9.17, 15) is 4.39 Å². The van der Waals surface area contributed by atoms with Crippen LogP contribution < -0.4 is 10.5 Å². The van der Waals surface area contributed by atoms with Crippen LogP contribution in [0.5, 0.6) is 5.75 Å². The molecule has 0 saturated heterocycles. The molecule has 0 radical (unpaired) electrons. The number of methoxy groups -OCH3 is 1. The normalized spacial score (nSPS) is 12.3. The third-order valence-electron chi connectivity index (χ3n) is 2.84. The van der Waals surface area contributed by atoms with Gasteiger partial charge in [-0.2, -0.15) is 0 Å². The second-order valence-electron chi connectivity index (χ2n) is 4.00. The third kappa shape index (κ3) is 2.91. The molecule has 100 valence electrons. The molecular formula is C14H12BrClFNO. The zero-order chi connectivity index (χ0) is 14.0. The lowest BCUT2D eigenvalue weighted by Gasteiger charge is -2.18. The van der Waals surface area contributed by atoms with Crippen LogP contribution in [-0.4, -0.2) is 7.11 Å². The highest BCUT2D eigenvalue weighted by Crippen LogP contribution is 2.35. The maximum Gasteiger partial charge on any atom is 0.129 e. The smallest absolute Gasteiger partial charge is 0.129 e. The molecule has 0 aromatic heterocycles. The Hall–Kier alpha value is -1.10. The topological polar surface area (TPSA) is 35.2 Å². The fraction of sp³-hybridized carbons (Fsp3) is 0.143. The summed E-state index contributed by atoms with van der Waals surface area (Å²) in [6.07, 6.45) is 0. The molecule has 2 aromatic carbocycles. The van der Waals surface area contributed by atoms with Crippen molar-refractivity contribution in [2.45, 2.75) is 6.04 Å². The minimum Gasteiger partial charge on any atom is -0.496 e. The molecule has 2 rings (SSSR count). The minimum atomic E-state index is -0.663. The lowest BCUT2D eigenvalue weighted by molar-refractivity contribution is 0.407. The Balaban J connectivity index is 2.55. The van der Waals surface area contributed by atoms with E-state index >= 15 is 0 Å². The second-order valence-corrected chi connectivity index (χ2v) is 5.29. The van der Waals surface area contributed by atoms with Crippen LogP contribution in [0.2, 0.25) is 5.02 Å². The molecule has 0 saturated carbocycles. The number of hydrogen-bond donors (Lipinski definition) is 1. The van der Waals surface area contributed by atoms with Crippen molar-refractivity contribution >= 4 is 27.5 Å². The summed E-state index contributed by atoms with van der Waals surface area (Å²) in [5.41, 5.74) is 7.17. The SMILES string of the molecule is COc1ccc(Cl)cc1C(N)c1c(F)cccc1Br. The number of rotatable bonds is 3. The summed E-state index contributed by atoms with van der Waals surface area (Å²) in [6.45, 7) is 0. The first-order chi connectivity index (χ1) is 9.04.